The standard InChI is InChI=1S/C37H46N4O7/c1-19-13-23-14-25-27(16-38)41-26(32(40(25)4)30(23)33(44)34(19)45-5)15-24-31(37-36(46-18-47-37)20(2)35(24)48-21(3)42)28(41)17-39-29(43)12-11-22-9-7-6-8-10-22/h13,22,25-28,32,44H,6-12,14-15,17-18H2,1-5H3,(H,39,43)/t25-,26?,27-,28-,32-/m0/s1. The number of methoxy groups -OCH3 is 1. The van der Waals surface area contributed by atoms with Crippen molar-refractivity contribution in [1.29, 1.82) is 5.26 Å². The average molecular weight is 659 g/mol. The van der Waals surface area contributed by atoms with Crippen molar-refractivity contribution in [3.63, 3.8) is 0 Å². The summed E-state index contributed by atoms with van der Waals surface area (Å²) in [6, 6.07) is 2.88. The van der Waals surface area contributed by atoms with Crippen LogP contribution in [0.5, 0.6) is 28.7 Å². The molecule has 4 aliphatic heterocycles. The number of piperazine rings is 1. The van der Waals surface area contributed by atoms with Crippen molar-refractivity contribution in [3.8, 4) is 34.8 Å². The van der Waals surface area contributed by atoms with Crippen LogP contribution in [0.2, 0.25) is 0 Å². The molecule has 48 heavy (non-hydrogen) atoms. The Balaban J connectivity index is 1.35. The molecule has 2 bridgehead atoms. The number of aryl methyl sites for hydroxylation is 1. The smallest absolute Gasteiger partial charge is 0.308 e. The van der Waals surface area contributed by atoms with Gasteiger partial charge in [-0.3, -0.25) is 19.4 Å². The third kappa shape index (κ3) is 5.24. The van der Waals surface area contributed by atoms with E-state index in [1.165, 1.54) is 39.0 Å². The maximum Gasteiger partial charge on any atom is 0.308 e. The van der Waals surface area contributed by atoms with Crippen LogP contribution in [0.4, 0.5) is 0 Å². The first-order valence-electron chi connectivity index (χ1n) is 17.3. The number of nitrogens with zero attached hydrogens (tertiary/aromatic N) is 3. The number of phenols is 1. The van der Waals surface area contributed by atoms with E-state index in [-0.39, 0.29) is 43.1 Å². The van der Waals surface area contributed by atoms with Gasteiger partial charge in [0.05, 0.1) is 25.3 Å². The lowest BCUT2D eigenvalue weighted by molar-refractivity contribution is -0.132. The quantitative estimate of drug-likeness (QED) is 0.312. The predicted octanol–water partition coefficient (Wildman–Crippen LogP) is 4.92. The van der Waals surface area contributed by atoms with Gasteiger partial charge in [-0.15, -0.1) is 0 Å². The maximum absolute atomic E-state index is 13.4. The minimum absolute atomic E-state index is 0.0172. The van der Waals surface area contributed by atoms with E-state index < -0.39 is 18.1 Å². The Morgan fingerprint density at radius 2 is 1.83 bits per heavy atom. The summed E-state index contributed by atoms with van der Waals surface area (Å²) in [6.07, 6.45) is 8.40. The predicted molar refractivity (Wildman–Crippen MR) is 176 cm³/mol. The Labute approximate surface area is 282 Å². The van der Waals surface area contributed by atoms with Crippen LogP contribution in [-0.2, 0) is 22.4 Å². The van der Waals surface area contributed by atoms with E-state index in [1.807, 2.05) is 20.9 Å². The fraction of sp³-hybridized carbons (Fsp3) is 0.595. The fourth-order valence-electron chi connectivity index (χ4n) is 9.42. The van der Waals surface area contributed by atoms with Crippen LogP contribution in [-0.4, -0.2) is 72.4 Å². The molecule has 7 rings (SSSR count). The van der Waals surface area contributed by atoms with Crippen molar-refractivity contribution in [1.82, 2.24) is 15.1 Å². The Kier molecular flexibility index (Phi) is 8.67. The van der Waals surface area contributed by atoms with Gasteiger partial charge in [0.1, 0.15) is 11.8 Å². The number of benzene rings is 2. The molecule has 1 aliphatic carbocycles. The monoisotopic (exact) mass is 658 g/mol. The van der Waals surface area contributed by atoms with Crippen LogP contribution in [0, 0.1) is 31.1 Å². The second-order valence-corrected chi connectivity index (χ2v) is 14.2. The van der Waals surface area contributed by atoms with Crippen molar-refractivity contribution in [2.45, 2.75) is 109 Å². The van der Waals surface area contributed by atoms with Crippen molar-refractivity contribution < 1.29 is 33.6 Å². The molecule has 2 N–H and O–H groups in total. The van der Waals surface area contributed by atoms with Gasteiger partial charge in [-0.1, -0.05) is 38.2 Å². The molecular formula is C37H46N4O7. The second-order valence-electron chi connectivity index (χ2n) is 14.2. The van der Waals surface area contributed by atoms with Crippen LogP contribution in [0.15, 0.2) is 6.07 Å². The molecule has 256 valence electrons. The Hall–Kier alpha value is -4.01. The van der Waals surface area contributed by atoms with Crippen LogP contribution >= 0.6 is 0 Å². The molecular weight excluding hydrogens is 612 g/mol. The zero-order valence-electron chi connectivity index (χ0n) is 28.6. The highest BCUT2D eigenvalue weighted by Crippen LogP contribution is 2.58. The minimum atomic E-state index is -0.539. The van der Waals surface area contributed by atoms with Crippen molar-refractivity contribution >= 4 is 11.9 Å². The first-order chi connectivity index (χ1) is 23.1. The number of hydrogen-bond acceptors (Lipinski definition) is 10. The van der Waals surface area contributed by atoms with E-state index in [2.05, 4.69) is 27.3 Å². The molecule has 0 aromatic heterocycles. The number of aromatic hydroxyl groups is 1. The van der Waals surface area contributed by atoms with Crippen molar-refractivity contribution in [3.05, 3.63) is 39.4 Å². The Bertz CT molecular complexity index is 1680. The molecule has 0 spiro atoms. The number of rotatable bonds is 7. The van der Waals surface area contributed by atoms with Crippen LogP contribution < -0.4 is 24.3 Å². The van der Waals surface area contributed by atoms with Gasteiger partial charge in [0.15, 0.2) is 23.0 Å². The van der Waals surface area contributed by atoms with Crippen LogP contribution in [0.3, 0.4) is 0 Å². The maximum atomic E-state index is 13.4. The average Bonchev–Trinajstić information content (AvgIpc) is 3.56. The molecule has 2 fully saturated rings. The van der Waals surface area contributed by atoms with Gasteiger partial charge in [0.25, 0.3) is 0 Å². The van der Waals surface area contributed by atoms with E-state index in [0.717, 1.165) is 34.2 Å². The highest BCUT2D eigenvalue weighted by molar-refractivity contribution is 5.77. The number of ether oxygens (including phenoxy) is 4. The molecule has 11 nitrogen and oxygen atoms in total. The highest BCUT2D eigenvalue weighted by Gasteiger charge is 2.56. The van der Waals surface area contributed by atoms with E-state index in [9.17, 15) is 20.0 Å². The lowest BCUT2D eigenvalue weighted by Crippen LogP contribution is -2.68. The molecule has 2 aromatic carbocycles. The number of nitriles is 1. The molecule has 1 unspecified atom stereocenters. The molecule has 1 amide bonds. The lowest BCUT2D eigenvalue weighted by atomic mass is 9.71. The van der Waals surface area contributed by atoms with Gasteiger partial charge < -0.3 is 29.4 Å². The largest absolute Gasteiger partial charge is 0.504 e. The molecule has 1 saturated carbocycles. The third-order valence-corrected chi connectivity index (χ3v) is 11.5. The summed E-state index contributed by atoms with van der Waals surface area (Å²) in [5, 5.41) is 25.8. The summed E-state index contributed by atoms with van der Waals surface area (Å²) < 4.78 is 23.7. The Morgan fingerprint density at radius 1 is 1.08 bits per heavy atom. The first kappa shape index (κ1) is 32.5. The van der Waals surface area contributed by atoms with Crippen molar-refractivity contribution in [2.75, 3.05) is 27.5 Å². The summed E-state index contributed by atoms with van der Waals surface area (Å²) in [5.74, 6) is 2.17. The number of esters is 1. The number of fused-ring (bicyclic) bond motifs is 9. The minimum Gasteiger partial charge on any atom is -0.504 e. The number of likely N-dealkylation sites (N-methyl/N-ethyl adjacent to an activating group) is 1. The molecule has 5 aliphatic rings. The molecule has 11 heteroatoms. The summed E-state index contributed by atoms with van der Waals surface area (Å²) in [4.78, 5) is 30.4. The number of carbonyl (C=O) groups excluding carboxylic acids is 2. The number of hydrogen-bond donors (Lipinski definition) is 2. The van der Waals surface area contributed by atoms with E-state index in [1.54, 1.807) is 7.11 Å². The van der Waals surface area contributed by atoms with Gasteiger partial charge in [-0.05, 0) is 57.2 Å². The molecule has 0 radical (unpaired) electrons. The zero-order valence-corrected chi connectivity index (χ0v) is 28.6. The van der Waals surface area contributed by atoms with Gasteiger partial charge in [0.2, 0.25) is 12.7 Å². The Morgan fingerprint density at radius 3 is 2.54 bits per heavy atom. The third-order valence-electron chi connectivity index (χ3n) is 11.5. The van der Waals surface area contributed by atoms with Crippen LogP contribution in [0.25, 0.3) is 0 Å². The molecule has 4 heterocycles. The zero-order chi connectivity index (χ0) is 33.9. The van der Waals surface area contributed by atoms with Gasteiger partial charge >= 0.3 is 5.97 Å². The molecule has 2 aromatic rings. The van der Waals surface area contributed by atoms with E-state index >= 15 is 0 Å². The summed E-state index contributed by atoms with van der Waals surface area (Å²) >= 11 is 0. The summed E-state index contributed by atoms with van der Waals surface area (Å²) in [5.41, 5.74) is 4.87. The van der Waals surface area contributed by atoms with Gasteiger partial charge in [-0.25, -0.2) is 0 Å². The molecule has 5 atom stereocenters. The van der Waals surface area contributed by atoms with Gasteiger partial charge in [0, 0.05) is 54.2 Å². The fourth-order valence-corrected chi connectivity index (χ4v) is 9.42. The topological polar surface area (TPSA) is 134 Å². The lowest BCUT2D eigenvalue weighted by Gasteiger charge is -2.60. The SMILES string of the molecule is COc1c(C)cc2c(c1O)[C@@H]1C3Cc4c(OC(C)=O)c(C)c5c(c4[C@H](CNC(=O)CCC4CCCCC4)N3[C@@H](C#N)[C@H](C2)N1C)OCO5. The first-order valence-corrected chi connectivity index (χ1v) is 17.3. The van der Waals surface area contributed by atoms with E-state index in [4.69, 9.17) is 18.9 Å². The second kappa shape index (κ2) is 12.8. The number of carbonyl (C=O) groups is 2. The molecule has 1 saturated heterocycles. The summed E-state index contributed by atoms with van der Waals surface area (Å²) in [6.45, 7) is 5.41. The van der Waals surface area contributed by atoms with Gasteiger partial charge in [-0.2, -0.15) is 5.26 Å². The normalized spacial score (nSPS) is 26.1. The number of amides is 1. The van der Waals surface area contributed by atoms with E-state index in [0.29, 0.717) is 53.7 Å². The van der Waals surface area contributed by atoms with Crippen LogP contribution in [0.1, 0.15) is 97.3 Å². The van der Waals surface area contributed by atoms with Crippen molar-refractivity contribution in [2.24, 2.45) is 5.92 Å². The highest BCUT2D eigenvalue weighted by atomic mass is 16.7. The summed E-state index contributed by atoms with van der Waals surface area (Å²) in [7, 11) is 3.57. The number of nitrogens with one attached hydrogen (secondary N) is 1. The number of phenolic OH excluding ortho intramolecular Hbond substituents is 1.